The molecule has 6 heteroatoms. The zero-order valence-electron chi connectivity index (χ0n) is 7.04. The highest BCUT2D eigenvalue weighted by Crippen LogP contribution is 2.28. The van der Waals surface area contributed by atoms with Crippen LogP contribution in [0.1, 0.15) is 12.6 Å². The van der Waals surface area contributed by atoms with Crippen molar-refractivity contribution >= 4 is 0 Å². The lowest BCUT2D eigenvalue weighted by Gasteiger charge is -2.11. The van der Waals surface area contributed by atoms with Crippen molar-refractivity contribution in [2.24, 2.45) is 5.73 Å². The van der Waals surface area contributed by atoms with Gasteiger partial charge in [-0.2, -0.15) is 18.3 Å². The highest BCUT2D eigenvalue weighted by molar-refractivity contribution is 5.05. The van der Waals surface area contributed by atoms with Gasteiger partial charge in [0.2, 0.25) is 0 Å². The quantitative estimate of drug-likeness (QED) is 0.768. The summed E-state index contributed by atoms with van der Waals surface area (Å²) >= 11 is 0. The van der Waals surface area contributed by atoms with Crippen molar-refractivity contribution in [1.82, 2.24) is 9.78 Å². The van der Waals surface area contributed by atoms with E-state index in [1.54, 1.807) is 6.92 Å². The molecule has 0 spiro atoms. The molecule has 1 rings (SSSR count). The van der Waals surface area contributed by atoms with Crippen LogP contribution in [0.3, 0.4) is 0 Å². The second-order valence-corrected chi connectivity index (χ2v) is 2.87. The van der Waals surface area contributed by atoms with Gasteiger partial charge in [-0.1, -0.05) is 0 Å². The van der Waals surface area contributed by atoms with Gasteiger partial charge in [-0.05, 0) is 13.0 Å². The summed E-state index contributed by atoms with van der Waals surface area (Å²) in [5.41, 5.74) is 4.61. The minimum atomic E-state index is -4.36. The highest BCUT2D eigenvalue weighted by Gasteiger charge is 2.34. The average molecular weight is 193 g/mol. The molecule has 0 bridgehead atoms. The second kappa shape index (κ2) is 3.37. The summed E-state index contributed by atoms with van der Waals surface area (Å²) in [6.07, 6.45) is -3.24. The minimum Gasteiger partial charge on any atom is -0.326 e. The average Bonchev–Trinajstić information content (AvgIpc) is 2.31. The zero-order valence-corrected chi connectivity index (χ0v) is 7.04. The van der Waals surface area contributed by atoms with Gasteiger partial charge >= 0.3 is 6.18 Å². The number of hydrogen-bond donors (Lipinski definition) is 1. The van der Waals surface area contributed by atoms with Crippen molar-refractivity contribution in [3.05, 3.63) is 18.0 Å². The monoisotopic (exact) mass is 193 g/mol. The van der Waals surface area contributed by atoms with E-state index in [2.05, 4.69) is 5.10 Å². The van der Waals surface area contributed by atoms with E-state index >= 15 is 0 Å². The molecule has 0 saturated carbocycles. The van der Waals surface area contributed by atoms with Gasteiger partial charge in [0.25, 0.3) is 0 Å². The van der Waals surface area contributed by atoms with Crippen LogP contribution in [-0.2, 0) is 12.7 Å². The highest BCUT2D eigenvalue weighted by atomic mass is 19.4. The number of nitrogens with zero attached hydrogens (tertiary/aromatic N) is 2. The van der Waals surface area contributed by atoms with Crippen LogP contribution in [0.5, 0.6) is 0 Å². The smallest absolute Gasteiger partial charge is 0.326 e. The third-order valence-electron chi connectivity index (χ3n) is 1.47. The molecule has 74 valence electrons. The van der Waals surface area contributed by atoms with Crippen molar-refractivity contribution in [1.29, 1.82) is 0 Å². The van der Waals surface area contributed by atoms with Gasteiger partial charge in [-0.3, -0.25) is 4.68 Å². The largest absolute Gasteiger partial charge is 0.433 e. The maximum atomic E-state index is 12.2. The van der Waals surface area contributed by atoms with E-state index in [1.165, 1.54) is 0 Å². The topological polar surface area (TPSA) is 43.8 Å². The molecule has 0 aromatic carbocycles. The molecule has 1 unspecified atom stereocenters. The van der Waals surface area contributed by atoms with Crippen molar-refractivity contribution < 1.29 is 13.2 Å². The maximum absolute atomic E-state index is 12.2. The summed E-state index contributed by atoms with van der Waals surface area (Å²) in [7, 11) is 0. The first-order valence-electron chi connectivity index (χ1n) is 3.76. The normalized spacial score (nSPS) is 14.5. The van der Waals surface area contributed by atoms with Gasteiger partial charge in [0, 0.05) is 12.2 Å². The fourth-order valence-corrected chi connectivity index (χ4v) is 0.992. The Morgan fingerprint density at radius 2 is 2.23 bits per heavy atom. The number of aromatic nitrogens is 2. The molecule has 0 saturated heterocycles. The maximum Gasteiger partial charge on any atom is 0.433 e. The lowest BCUT2D eigenvalue weighted by atomic mass is 10.3. The summed E-state index contributed by atoms with van der Waals surface area (Å²) in [5.74, 6) is 0. The van der Waals surface area contributed by atoms with Gasteiger partial charge in [0.05, 0.1) is 6.54 Å². The first-order valence-corrected chi connectivity index (χ1v) is 3.76. The Hall–Kier alpha value is -1.04. The Balaban J connectivity index is 2.90. The van der Waals surface area contributed by atoms with Crippen LogP contribution in [0.4, 0.5) is 13.2 Å². The molecule has 3 nitrogen and oxygen atoms in total. The van der Waals surface area contributed by atoms with Gasteiger partial charge in [-0.15, -0.1) is 0 Å². The summed E-state index contributed by atoms with van der Waals surface area (Å²) in [6, 6.07) is 0.587. The molecule has 0 aliphatic carbocycles. The number of alkyl halides is 3. The summed E-state index contributed by atoms with van der Waals surface area (Å²) in [6.45, 7) is 1.70. The van der Waals surface area contributed by atoms with Crippen LogP contribution >= 0.6 is 0 Å². The molecule has 1 atom stereocenters. The molecule has 0 fully saturated rings. The van der Waals surface area contributed by atoms with E-state index in [0.717, 1.165) is 16.9 Å². The zero-order chi connectivity index (χ0) is 10.1. The SMILES string of the molecule is CC(N)Cn1nccc1C(F)(F)F. The molecule has 0 aliphatic heterocycles. The Bertz CT molecular complexity index is 277. The van der Waals surface area contributed by atoms with E-state index in [1.807, 2.05) is 0 Å². The van der Waals surface area contributed by atoms with E-state index in [-0.39, 0.29) is 12.6 Å². The third kappa shape index (κ3) is 2.45. The number of rotatable bonds is 2. The molecular weight excluding hydrogens is 183 g/mol. The van der Waals surface area contributed by atoms with Crippen LogP contribution in [0.2, 0.25) is 0 Å². The molecule has 0 radical (unpaired) electrons. The van der Waals surface area contributed by atoms with E-state index in [4.69, 9.17) is 5.73 Å². The molecular formula is C7H10F3N3. The third-order valence-corrected chi connectivity index (χ3v) is 1.47. The van der Waals surface area contributed by atoms with Gasteiger partial charge in [0.1, 0.15) is 5.69 Å². The van der Waals surface area contributed by atoms with Crippen LogP contribution in [-0.4, -0.2) is 15.8 Å². The standard InChI is InChI=1S/C7H10F3N3/c1-5(11)4-13-6(2-3-12-13)7(8,9)10/h2-3,5H,4,11H2,1H3. The minimum absolute atomic E-state index is 0.0713. The van der Waals surface area contributed by atoms with Crippen molar-refractivity contribution in [3.63, 3.8) is 0 Å². The second-order valence-electron chi connectivity index (χ2n) is 2.87. The lowest BCUT2D eigenvalue weighted by molar-refractivity contribution is -0.144. The summed E-state index contributed by atoms with van der Waals surface area (Å²) in [5, 5.41) is 3.54. The first-order chi connectivity index (χ1) is 5.91. The predicted molar refractivity (Wildman–Crippen MR) is 40.9 cm³/mol. The predicted octanol–water partition coefficient (Wildman–Crippen LogP) is 1.25. The lowest BCUT2D eigenvalue weighted by Crippen LogP contribution is -2.26. The molecule has 0 aliphatic rings. The summed E-state index contributed by atoms with van der Waals surface area (Å²) in [4.78, 5) is 0. The van der Waals surface area contributed by atoms with Gasteiger partial charge in [-0.25, -0.2) is 0 Å². The van der Waals surface area contributed by atoms with Gasteiger partial charge < -0.3 is 5.73 Å². The van der Waals surface area contributed by atoms with Gasteiger partial charge in [0.15, 0.2) is 0 Å². The van der Waals surface area contributed by atoms with Crippen LogP contribution in [0.25, 0.3) is 0 Å². The van der Waals surface area contributed by atoms with E-state index in [0.29, 0.717) is 0 Å². The Kier molecular flexibility index (Phi) is 2.60. The van der Waals surface area contributed by atoms with Crippen molar-refractivity contribution in [3.8, 4) is 0 Å². The van der Waals surface area contributed by atoms with Crippen LogP contribution < -0.4 is 5.73 Å². The molecule has 2 N–H and O–H groups in total. The molecule has 13 heavy (non-hydrogen) atoms. The van der Waals surface area contributed by atoms with Crippen molar-refractivity contribution in [2.75, 3.05) is 0 Å². The molecule has 1 heterocycles. The number of halogens is 3. The Morgan fingerprint density at radius 3 is 2.69 bits per heavy atom. The summed E-state index contributed by atoms with van der Waals surface area (Å²) < 4.78 is 37.6. The van der Waals surface area contributed by atoms with Crippen molar-refractivity contribution in [2.45, 2.75) is 25.7 Å². The molecule has 1 aromatic heterocycles. The van der Waals surface area contributed by atoms with Crippen LogP contribution in [0.15, 0.2) is 12.3 Å². The molecule has 0 amide bonds. The van der Waals surface area contributed by atoms with E-state index in [9.17, 15) is 13.2 Å². The number of hydrogen-bond acceptors (Lipinski definition) is 2. The Morgan fingerprint density at radius 1 is 1.62 bits per heavy atom. The fraction of sp³-hybridized carbons (Fsp3) is 0.571. The van der Waals surface area contributed by atoms with Crippen LogP contribution in [0, 0.1) is 0 Å². The first kappa shape index (κ1) is 10.0. The number of nitrogens with two attached hydrogens (primary N) is 1. The fourth-order valence-electron chi connectivity index (χ4n) is 0.992. The van der Waals surface area contributed by atoms with E-state index < -0.39 is 11.9 Å². The Labute approximate surface area is 73.3 Å². The molecule has 1 aromatic rings.